The summed E-state index contributed by atoms with van der Waals surface area (Å²) in [6.07, 6.45) is -7.92. The van der Waals surface area contributed by atoms with Crippen LogP contribution in [0.1, 0.15) is 32.8 Å². The van der Waals surface area contributed by atoms with E-state index >= 15 is 0 Å². The van der Waals surface area contributed by atoms with Crippen molar-refractivity contribution in [3.8, 4) is 0 Å². The highest BCUT2D eigenvalue weighted by atomic mass is 32.2. The summed E-state index contributed by atoms with van der Waals surface area (Å²) in [6.45, 7) is 5.18. The molecule has 0 aromatic heterocycles. The molecular formula is C22H33NO11S. The van der Waals surface area contributed by atoms with Crippen LogP contribution in [0.15, 0.2) is 29.2 Å². The van der Waals surface area contributed by atoms with Crippen LogP contribution in [0.5, 0.6) is 0 Å². The topological polar surface area (TPSA) is 189 Å². The lowest BCUT2D eigenvalue weighted by molar-refractivity contribution is -0.295. The molecule has 198 valence electrons. The van der Waals surface area contributed by atoms with Crippen LogP contribution in [0, 0.1) is 12.3 Å². The highest BCUT2D eigenvalue weighted by molar-refractivity contribution is 7.89. The first-order valence-corrected chi connectivity index (χ1v) is 12.4. The van der Waals surface area contributed by atoms with Crippen LogP contribution in [-0.4, -0.2) is 90.7 Å². The molecule has 35 heavy (non-hydrogen) atoms. The minimum atomic E-state index is -3.94. The van der Waals surface area contributed by atoms with Gasteiger partial charge in [0.15, 0.2) is 0 Å². The quantitative estimate of drug-likeness (QED) is 0.238. The third-order valence-electron chi connectivity index (χ3n) is 5.61. The smallest absolute Gasteiger partial charge is 0.323 e. The minimum absolute atomic E-state index is 0.000165. The molecule has 1 aromatic rings. The number of hydrogen-bond acceptors (Lipinski definition) is 11. The van der Waals surface area contributed by atoms with E-state index in [0.29, 0.717) is 0 Å². The summed E-state index contributed by atoms with van der Waals surface area (Å²) in [5, 5.41) is 38.9. The van der Waals surface area contributed by atoms with Crippen molar-refractivity contribution in [2.75, 3.05) is 13.2 Å². The number of esters is 2. The molecule has 13 heteroatoms. The van der Waals surface area contributed by atoms with Gasteiger partial charge >= 0.3 is 11.9 Å². The van der Waals surface area contributed by atoms with Gasteiger partial charge in [0.2, 0.25) is 16.3 Å². The molecule has 0 spiro atoms. The van der Waals surface area contributed by atoms with Crippen LogP contribution in [0.3, 0.4) is 0 Å². The molecule has 1 fully saturated rings. The van der Waals surface area contributed by atoms with Gasteiger partial charge in [0, 0.05) is 0 Å². The normalized spacial score (nSPS) is 26.1. The van der Waals surface area contributed by atoms with Gasteiger partial charge < -0.3 is 34.6 Å². The van der Waals surface area contributed by atoms with Crippen LogP contribution in [0.25, 0.3) is 0 Å². The Morgan fingerprint density at radius 1 is 1.11 bits per heavy atom. The van der Waals surface area contributed by atoms with Crippen LogP contribution in [-0.2, 0) is 33.8 Å². The van der Waals surface area contributed by atoms with Gasteiger partial charge in [-0.1, -0.05) is 17.7 Å². The summed E-state index contributed by atoms with van der Waals surface area (Å²) in [5.41, 5.74) is -0.354. The second-order valence-corrected chi connectivity index (χ2v) is 10.8. The highest BCUT2D eigenvalue weighted by Crippen LogP contribution is 2.27. The molecule has 1 heterocycles. The Morgan fingerprint density at radius 3 is 2.29 bits per heavy atom. The molecule has 1 saturated heterocycles. The molecule has 2 rings (SSSR count). The van der Waals surface area contributed by atoms with E-state index in [4.69, 9.17) is 14.2 Å². The summed E-state index contributed by atoms with van der Waals surface area (Å²) >= 11 is 0. The lowest BCUT2D eigenvalue weighted by Crippen LogP contribution is -2.59. The number of rotatable bonds is 10. The summed E-state index contributed by atoms with van der Waals surface area (Å²) in [5.74, 6) is -1.70. The standard InChI is InChI=1S/C22H33NO11S/c1-12-5-7-14(8-6-12)35(30,31)23-13(2)19(28)32-10-9-22(3,4)21(29)34-20-18(27)17(26)16(25)15(11-24)33-20/h5-8,13,15-18,20,23-27H,9-11H2,1-4H3/t13?,15-,16-,17+,18-,20?/m1/s1. The van der Waals surface area contributed by atoms with Crippen molar-refractivity contribution in [1.29, 1.82) is 0 Å². The van der Waals surface area contributed by atoms with Crippen molar-refractivity contribution in [3.05, 3.63) is 29.8 Å². The van der Waals surface area contributed by atoms with E-state index in [0.717, 1.165) is 5.56 Å². The SMILES string of the molecule is Cc1ccc(S(=O)(=O)NC(C)C(=O)OCCC(C)(C)C(=O)OC2O[C@H](CO)[C@@H](O)[C@H](O)[C@H]2O)cc1. The minimum Gasteiger partial charge on any atom is -0.464 e. The number of ether oxygens (including phenoxy) is 3. The average Bonchev–Trinajstić information content (AvgIpc) is 2.79. The number of carbonyl (C=O) groups is 2. The molecule has 0 bridgehead atoms. The fourth-order valence-corrected chi connectivity index (χ4v) is 4.32. The van der Waals surface area contributed by atoms with Crippen molar-refractivity contribution in [1.82, 2.24) is 4.72 Å². The van der Waals surface area contributed by atoms with Crippen molar-refractivity contribution in [3.63, 3.8) is 0 Å². The van der Waals surface area contributed by atoms with E-state index < -0.39 is 70.7 Å². The zero-order valence-electron chi connectivity index (χ0n) is 19.9. The van der Waals surface area contributed by atoms with Gasteiger partial charge in [-0.25, -0.2) is 8.42 Å². The second kappa shape index (κ2) is 11.7. The van der Waals surface area contributed by atoms with Crippen molar-refractivity contribution >= 4 is 22.0 Å². The number of sulfonamides is 1. The van der Waals surface area contributed by atoms with Gasteiger partial charge in [-0.2, -0.15) is 4.72 Å². The van der Waals surface area contributed by atoms with Gasteiger partial charge in [0.1, 0.15) is 30.5 Å². The number of hydrogen-bond donors (Lipinski definition) is 5. The fraction of sp³-hybridized carbons (Fsp3) is 0.636. The highest BCUT2D eigenvalue weighted by Gasteiger charge is 2.46. The third-order valence-corrected chi connectivity index (χ3v) is 7.17. The molecule has 5 N–H and O–H groups in total. The Balaban J connectivity index is 1.87. The predicted octanol–water partition coefficient (Wildman–Crippen LogP) is -1.04. The van der Waals surface area contributed by atoms with Gasteiger partial charge in [-0.3, -0.25) is 9.59 Å². The fourth-order valence-electron chi connectivity index (χ4n) is 3.13. The van der Waals surface area contributed by atoms with E-state index in [-0.39, 0.29) is 17.9 Å². The largest absolute Gasteiger partial charge is 0.464 e. The molecule has 0 aliphatic carbocycles. The molecule has 2 unspecified atom stereocenters. The molecule has 1 aliphatic heterocycles. The maximum absolute atomic E-state index is 12.6. The van der Waals surface area contributed by atoms with Crippen LogP contribution in [0.2, 0.25) is 0 Å². The molecule has 0 saturated carbocycles. The summed E-state index contributed by atoms with van der Waals surface area (Å²) < 4.78 is 42.5. The Hall–Kier alpha value is -2.13. The summed E-state index contributed by atoms with van der Waals surface area (Å²) in [7, 11) is -3.94. The zero-order valence-corrected chi connectivity index (χ0v) is 20.8. The van der Waals surface area contributed by atoms with E-state index in [1.807, 2.05) is 6.92 Å². The van der Waals surface area contributed by atoms with Crippen molar-refractivity contribution in [2.24, 2.45) is 5.41 Å². The van der Waals surface area contributed by atoms with E-state index in [1.54, 1.807) is 12.1 Å². The molecule has 0 radical (unpaired) electrons. The first kappa shape index (κ1) is 29.1. The molecule has 12 nitrogen and oxygen atoms in total. The zero-order chi connectivity index (χ0) is 26.6. The first-order valence-electron chi connectivity index (χ1n) is 11.0. The maximum Gasteiger partial charge on any atom is 0.323 e. The van der Waals surface area contributed by atoms with E-state index in [9.17, 15) is 38.4 Å². The first-order chi connectivity index (χ1) is 16.2. The van der Waals surface area contributed by atoms with Gasteiger partial charge in [0.25, 0.3) is 0 Å². The van der Waals surface area contributed by atoms with E-state index in [1.165, 1.54) is 32.9 Å². The van der Waals surface area contributed by atoms with Crippen LogP contribution >= 0.6 is 0 Å². The second-order valence-electron chi connectivity index (χ2n) is 9.06. The summed E-state index contributed by atoms with van der Waals surface area (Å²) in [4.78, 5) is 24.9. The third kappa shape index (κ3) is 7.43. The Kier molecular flexibility index (Phi) is 9.76. The predicted molar refractivity (Wildman–Crippen MR) is 120 cm³/mol. The average molecular weight is 520 g/mol. The monoisotopic (exact) mass is 519 g/mol. The van der Waals surface area contributed by atoms with Gasteiger partial charge in [0.05, 0.1) is 23.5 Å². The Bertz CT molecular complexity index is 978. The van der Waals surface area contributed by atoms with Crippen LogP contribution < -0.4 is 4.72 Å². The Morgan fingerprint density at radius 2 is 1.71 bits per heavy atom. The van der Waals surface area contributed by atoms with E-state index in [2.05, 4.69) is 4.72 Å². The van der Waals surface area contributed by atoms with Crippen molar-refractivity contribution in [2.45, 2.75) is 75.8 Å². The van der Waals surface area contributed by atoms with Gasteiger partial charge in [-0.05, 0) is 46.2 Å². The number of aryl methyl sites for hydroxylation is 1. The number of aliphatic hydroxyl groups excluding tert-OH is 4. The number of nitrogens with one attached hydrogen (secondary N) is 1. The molecular weight excluding hydrogens is 486 g/mol. The van der Waals surface area contributed by atoms with Crippen LogP contribution in [0.4, 0.5) is 0 Å². The number of benzene rings is 1. The van der Waals surface area contributed by atoms with Gasteiger partial charge in [-0.15, -0.1) is 0 Å². The molecule has 6 atom stereocenters. The molecule has 1 aromatic carbocycles. The molecule has 1 aliphatic rings. The maximum atomic E-state index is 12.6. The molecule has 0 amide bonds. The lowest BCUT2D eigenvalue weighted by Gasteiger charge is -2.40. The lowest BCUT2D eigenvalue weighted by atomic mass is 9.90. The number of carbonyl (C=O) groups excluding carboxylic acids is 2. The summed E-state index contributed by atoms with van der Waals surface area (Å²) in [6, 6.07) is 4.90. The van der Waals surface area contributed by atoms with Crippen molar-refractivity contribution < 1.29 is 52.6 Å². The number of aliphatic hydroxyl groups is 4. The Labute approximate surface area is 203 Å².